The molecule has 7 heteroatoms. The lowest BCUT2D eigenvalue weighted by Gasteiger charge is -2.20. The number of nitrogens with zero attached hydrogens (tertiary/aromatic N) is 2. The van der Waals surface area contributed by atoms with Crippen LogP contribution in [0.15, 0.2) is 50.9 Å². The third-order valence-electron chi connectivity index (χ3n) is 4.32. The third-order valence-corrected chi connectivity index (χ3v) is 6.87. The molecule has 4 nitrogen and oxygen atoms in total. The first-order chi connectivity index (χ1) is 13.1. The summed E-state index contributed by atoms with van der Waals surface area (Å²) in [6, 6.07) is 8.41. The van der Waals surface area contributed by atoms with Gasteiger partial charge in [-0.3, -0.25) is 9.69 Å². The smallest absolute Gasteiger partial charge is 0.269 e. The van der Waals surface area contributed by atoms with Gasteiger partial charge in [0.25, 0.3) is 5.91 Å². The van der Waals surface area contributed by atoms with Gasteiger partial charge in [-0.15, -0.1) is 0 Å². The van der Waals surface area contributed by atoms with E-state index in [1.165, 1.54) is 22.3 Å². The summed E-state index contributed by atoms with van der Waals surface area (Å²) in [5.41, 5.74) is 1.22. The fourth-order valence-corrected chi connectivity index (χ4v) is 5.46. The summed E-state index contributed by atoms with van der Waals surface area (Å²) in [6.07, 6.45) is 4.24. The lowest BCUT2D eigenvalue weighted by molar-refractivity contribution is -0.122. The van der Waals surface area contributed by atoms with Crippen LogP contribution in [-0.2, 0) is 9.53 Å². The van der Waals surface area contributed by atoms with Crippen molar-refractivity contribution in [2.24, 2.45) is 0 Å². The highest BCUT2D eigenvalue weighted by molar-refractivity contribution is 8.26. The molecule has 2 heterocycles. The number of unbranched alkanes of at least 4 members (excludes halogenated alkanes) is 1. The van der Waals surface area contributed by atoms with Gasteiger partial charge in [0, 0.05) is 24.1 Å². The lowest BCUT2D eigenvalue weighted by atomic mass is 10.2. The quantitative estimate of drug-likeness (QED) is 0.335. The number of para-hydroxylation sites is 1. The van der Waals surface area contributed by atoms with Gasteiger partial charge in [-0.05, 0) is 32.4 Å². The van der Waals surface area contributed by atoms with E-state index < -0.39 is 0 Å². The van der Waals surface area contributed by atoms with Crippen LogP contribution in [0.1, 0.15) is 33.6 Å². The number of fused-ring (bicyclic) bond motifs is 1. The second-order valence-electron chi connectivity index (χ2n) is 6.10. The molecule has 1 fully saturated rings. The molecule has 0 N–H and O–H groups in total. The number of thioether (sulfide) groups is 2. The molecule has 0 radical (unpaired) electrons. The van der Waals surface area contributed by atoms with Crippen molar-refractivity contribution in [3.63, 3.8) is 0 Å². The molecule has 1 aromatic rings. The summed E-state index contributed by atoms with van der Waals surface area (Å²) >= 11 is 8.41. The predicted octanol–water partition coefficient (Wildman–Crippen LogP) is 5.37. The lowest BCUT2D eigenvalue weighted by Crippen LogP contribution is -2.27. The number of likely N-dealkylation sites (N-methyl/N-ethyl adjacent to an activating group) is 1. The number of amides is 1. The number of anilines is 1. The third kappa shape index (κ3) is 4.20. The molecule has 144 valence electrons. The normalized spacial score (nSPS) is 19.9. The van der Waals surface area contributed by atoms with E-state index in [-0.39, 0.29) is 5.91 Å². The number of allylic oxidation sites excluding steroid dienone is 1. The number of carbonyl (C=O) groups is 1. The van der Waals surface area contributed by atoms with Crippen LogP contribution in [0.25, 0.3) is 0 Å². The van der Waals surface area contributed by atoms with Gasteiger partial charge in [-0.25, -0.2) is 0 Å². The molecule has 1 saturated heterocycles. The van der Waals surface area contributed by atoms with Crippen LogP contribution in [0.3, 0.4) is 0 Å². The number of carbonyl (C=O) groups excluding carboxylic acids is 1. The van der Waals surface area contributed by atoms with Gasteiger partial charge in [0.05, 0.1) is 17.3 Å². The molecule has 2 aliphatic heterocycles. The molecule has 2 aliphatic rings. The highest BCUT2D eigenvalue weighted by Gasteiger charge is 2.34. The first kappa shape index (κ1) is 20.3. The van der Waals surface area contributed by atoms with Gasteiger partial charge in [0.1, 0.15) is 15.0 Å². The zero-order chi connectivity index (χ0) is 19.4. The van der Waals surface area contributed by atoms with Gasteiger partial charge in [-0.1, -0.05) is 61.2 Å². The Morgan fingerprint density at radius 2 is 1.96 bits per heavy atom. The number of benzene rings is 1. The summed E-state index contributed by atoms with van der Waals surface area (Å²) in [6.45, 7) is 8.09. The minimum absolute atomic E-state index is 0.0616. The number of thiocarbonyl (C=S) groups is 1. The SMILES string of the molecule is CCCCN1/C(=C/C(OCC)=C2/SC(=S)N(CC)C2=O)Sc2ccccc21. The Morgan fingerprint density at radius 1 is 1.19 bits per heavy atom. The van der Waals surface area contributed by atoms with Crippen molar-refractivity contribution in [3.05, 3.63) is 46.0 Å². The average molecular weight is 421 g/mol. The van der Waals surface area contributed by atoms with Crippen LogP contribution in [0, 0.1) is 0 Å². The van der Waals surface area contributed by atoms with Gasteiger partial charge in [0.2, 0.25) is 0 Å². The van der Waals surface area contributed by atoms with Crippen molar-refractivity contribution >= 4 is 51.7 Å². The maximum absolute atomic E-state index is 12.7. The largest absolute Gasteiger partial charge is 0.492 e. The molecule has 1 amide bonds. The fraction of sp³-hybridized carbons (Fsp3) is 0.400. The van der Waals surface area contributed by atoms with E-state index in [4.69, 9.17) is 17.0 Å². The maximum Gasteiger partial charge on any atom is 0.269 e. The molecule has 0 saturated carbocycles. The monoisotopic (exact) mass is 420 g/mol. The number of rotatable bonds is 7. The Labute approximate surface area is 175 Å². The molecule has 0 bridgehead atoms. The molecule has 27 heavy (non-hydrogen) atoms. The molecule has 0 spiro atoms. The average Bonchev–Trinajstić information content (AvgIpc) is 3.15. The minimum atomic E-state index is -0.0616. The van der Waals surface area contributed by atoms with Crippen LogP contribution in [-0.4, -0.2) is 34.8 Å². The van der Waals surface area contributed by atoms with Crippen molar-refractivity contribution in [3.8, 4) is 0 Å². The number of hydrogen-bond donors (Lipinski definition) is 0. The van der Waals surface area contributed by atoms with Crippen molar-refractivity contribution < 1.29 is 9.53 Å². The number of hydrogen-bond acceptors (Lipinski definition) is 6. The molecule has 0 atom stereocenters. The van der Waals surface area contributed by atoms with E-state index in [0.717, 1.165) is 24.4 Å². The summed E-state index contributed by atoms with van der Waals surface area (Å²) in [5.74, 6) is 0.552. The first-order valence-electron chi connectivity index (χ1n) is 9.27. The summed E-state index contributed by atoms with van der Waals surface area (Å²) in [4.78, 5) is 18.5. The zero-order valence-electron chi connectivity index (χ0n) is 15.9. The zero-order valence-corrected chi connectivity index (χ0v) is 18.3. The maximum atomic E-state index is 12.7. The van der Waals surface area contributed by atoms with Crippen molar-refractivity contribution in [2.45, 2.75) is 38.5 Å². The highest BCUT2D eigenvalue weighted by atomic mass is 32.2. The standard InChI is InChI=1S/C20H24N2O2S3/c1-4-7-12-22-14-10-8-9-11-16(14)26-17(22)13-15(24-6-3)18-19(23)21(5-2)20(25)27-18/h8-11,13H,4-7,12H2,1-3H3/b17-13-,18-15-. The molecule has 1 aromatic carbocycles. The summed E-state index contributed by atoms with van der Waals surface area (Å²) in [5, 5.41) is 1.09. The van der Waals surface area contributed by atoms with E-state index in [1.54, 1.807) is 16.7 Å². The van der Waals surface area contributed by atoms with E-state index in [2.05, 4.69) is 36.1 Å². The topological polar surface area (TPSA) is 32.8 Å². The molecular weight excluding hydrogens is 396 g/mol. The van der Waals surface area contributed by atoms with E-state index >= 15 is 0 Å². The molecule has 0 aliphatic carbocycles. The molecule has 0 aromatic heterocycles. The van der Waals surface area contributed by atoms with Gasteiger partial charge < -0.3 is 9.64 Å². The molecule has 3 rings (SSSR count). The fourth-order valence-electron chi connectivity index (χ4n) is 2.97. The van der Waals surface area contributed by atoms with Crippen LogP contribution in [0.2, 0.25) is 0 Å². The van der Waals surface area contributed by atoms with Gasteiger partial charge >= 0.3 is 0 Å². The van der Waals surface area contributed by atoms with Crippen molar-refractivity contribution in [1.82, 2.24) is 4.90 Å². The van der Waals surface area contributed by atoms with Crippen molar-refractivity contribution in [1.29, 1.82) is 0 Å². The van der Waals surface area contributed by atoms with E-state index in [0.29, 0.717) is 28.1 Å². The molecule has 0 unspecified atom stereocenters. The van der Waals surface area contributed by atoms with Crippen molar-refractivity contribution in [2.75, 3.05) is 24.6 Å². The van der Waals surface area contributed by atoms with Crippen LogP contribution >= 0.6 is 35.7 Å². The molecular formula is C20H24N2O2S3. The highest BCUT2D eigenvalue weighted by Crippen LogP contribution is 2.47. The van der Waals surface area contributed by atoms with Crippen LogP contribution < -0.4 is 4.90 Å². The second-order valence-corrected chi connectivity index (χ2v) is 8.81. The Balaban J connectivity index is 1.99. The van der Waals surface area contributed by atoms with Crippen LogP contribution in [0.4, 0.5) is 5.69 Å². The minimum Gasteiger partial charge on any atom is -0.492 e. The Hall–Kier alpha value is -1.44. The van der Waals surface area contributed by atoms with Gasteiger partial charge in [-0.2, -0.15) is 0 Å². The summed E-state index contributed by atoms with van der Waals surface area (Å²) in [7, 11) is 0. The Kier molecular flexibility index (Phi) is 6.89. The summed E-state index contributed by atoms with van der Waals surface area (Å²) < 4.78 is 6.48. The Bertz CT molecular complexity index is 804. The van der Waals surface area contributed by atoms with E-state index in [1.807, 2.05) is 19.9 Å². The van der Waals surface area contributed by atoms with Crippen LogP contribution in [0.5, 0.6) is 0 Å². The second kappa shape index (κ2) is 9.17. The number of ether oxygens (including phenoxy) is 1. The predicted molar refractivity (Wildman–Crippen MR) is 119 cm³/mol. The van der Waals surface area contributed by atoms with Gasteiger partial charge in [0.15, 0.2) is 0 Å². The first-order valence-corrected chi connectivity index (χ1v) is 11.3. The van der Waals surface area contributed by atoms with E-state index in [9.17, 15) is 4.79 Å². The Morgan fingerprint density at radius 3 is 2.63 bits per heavy atom.